The van der Waals surface area contributed by atoms with Crippen molar-refractivity contribution in [2.75, 3.05) is 0 Å². The predicted molar refractivity (Wildman–Crippen MR) is 62.3 cm³/mol. The summed E-state index contributed by atoms with van der Waals surface area (Å²) in [5, 5.41) is 0.579. The number of para-hydroxylation sites is 1. The van der Waals surface area contributed by atoms with Crippen molar-refractivity contribution in [3.63, 3.8) is 0 Å². The number of aromatic nitrogens is 1. The molecule has 4 heteroatoms. The summed E-state index contributed by atoms with van der Waals surface area (Å²) >= 11 is 4.69. The summed E-state index contributed by atoms with van der Waals surface area (Å²) < 4.78 is 1.06. The number of fused-ring (bicyclic) bond motifs is 1. The number of alkyl halides is 1. The zero-order valence-electron chi connectivity index (χ0n) is 7.53. The quantitative estimate of drug-likeness (QED) is 0.619. The van der Waals surface area contributed by atoms with Crippen LogP contribution < -0.4 is 0 Å². The lowest BCUT2D eigenvalue weighted by Gasteiger charge is -1.95. The highest BCUT2D eigenvalue weighted by atomic mass is 79.9. The van der Waals surface area contributed by atoms with Crippen LogP contribution in [0.25, 0.3) is 10.2 Å². The molecule has 0 amide bonds. The summed E-state index contributed by atoms with van der Waals surface area (Å²) in [7, 11) is 0. The van der Waals surface area contributed by atoms with Crippen LogP contribution >= 0.6 is 27.3 Å². The van der Waals surface area contributed by atoms with E-state index in [1.54, 1.807) is 0 Å². The van der Waals surface area contributed by atoms with Crippen molar-refractivity contribution in [1.82, 2.24) is 4.98 Å². The Morgan fingerprint density at radius 2 is 2.21 bits per heavy atom. The Labute approximate surface area is 94.1 Å². The van der Waals surface area contributed by atoms with Gasteiger partial charge in [0.1, 0.15) is 0 Å². The lowest BCUT2D eigenvalue weighted by atomic mass is 10.3. The zero-order valence-corrected chi connectivity index (χ0v) is 9.93. The highest BCUT2D eigenvalue weighted by Gasteiger charge is 2.16. The monoisotopic (exact) mass is 269 g/mol. The van der Waals surface area contributed by atoms with E-state index >= 15 is 0 Å². The predicted octanol–water partition coefficient (Wildman–Crippen LogP) is 3.26. The van der Waals surface area contributed by atoms with E-state index in [9.17, 15) is 4.79 Å². The van der Waals surface area contributed by atoms with Gasteiger partial charge in [-0.2, -0.15) is 0 Å². The molecule has 0 radical (unpaired) electrons. The van der Waals surface area contributed by atoms with Crippen molar-refractivity contribution in [2.45, 2.75) is 11.8 Å². The van der Waals surface area contributed by atoms with E-state index in [-0.39, 0.29) is 10.6 Å². The second kappa shape index (κ2) is 3.79. The van der Waals surface area contributed by atoms with E-state index in [1.807, 2.05) is 31.2 Å². The second-order valence-electron chi connectivity index (χ2n) is 2.97. The Kier molecular flexibility index (Phi) is 2.65. The number of halogens is 1. The minimum Gasteiger partial charge on any atom is -0.290 e. The molecular weight excluding hydrogens is 262 g/mol. The van der Waals surface area contributed by atoms with Crippen LogP contribution in [0.5, 0.6) is 0 Å². The number of thiazole rings is 1. The number of carbonyl (C=O) groups is 1. The molecule has 0 saturated heterocycles. The van der Waals surface area contributed by atoms with Gasteiger partial charge < -0.3 is 0 Å². The molecule has 0 saturated carbocycles. The molecule has 2 aromatic rings. The Hall–Kier alpha value is -0.740. The van der Waals surface area contributed by atoms with E-state index in [0.29, 0.717) is 5.01 Å². The molecule has 0 fully saturated rings. The fraction of sp³-hybridized carbons (Fsp3) is 0.200. The fourth-order valence-electron chi connectivity index (χ4n) is 1.15. The molecular formula is C10H8BrNOS. The van der Waals surface area contributed by atoms with Crippen LogP contribution in [0.1, 0.15) is 16.7 Å². The molecule has 1 aromatic carbocycles. The number of benzene rings is 1. The van der Waals surface area contributed by atoms with Crippen LogP contribution in [-0.2, 0) is 0 Å². The first-order chi connectivity index (χ1) is 6.68. The summed E-state index contributed by atoms with van der Waals surface area (Å²) in [5.41, 5.74) is 0.897. The van der Waals surface area contributed by atoms with Crippen molar-refractivity contribution in [1.29, 1.82) is 0 Å². The van der Waals surface area contributed by atoms with Gasteiger partial charge in [0.25, 0.3) is 0 Å². The third-order valence-corrected chi connectivity index (χ3v) is 3.33. The van der Waals surface area contributed by atoms with E-state index in [1.165, 1.54) is 11.3 Å². The lowest BCUT2D eigenvalue weighted by Crippen LogP contribution is -2.08. The smallest absolute Gasteiger partial charge is 0.204 e. The molecule has 72 valence electrons. The van der Waals surface area contributed by atoms with Crippen molar-refractivity contribution >= 4 is 43.3 Å². The molecule has 0 aliphatic carbocycles. The highest BCUT2D eigenvalue weighted by Crippen LogP contribution is 2.23. The average Bonchev–Trinajstić information content (AvgIpc) is 2.59. The molecule has 0 aliphatic rings. The summed E-state index contributed by atoms with van der Waals surface area (Å²) in [5.74, 6) is 0.0474. The van der Waals surface area contributed by atoms with Crippen molar-refractivity contribution < 1.29 is 4.79 Å². The van der Waals surface area contributed by atoms with Gasteiger partial charge in [-0.1, -0.05) is 28.1 Å². The number of rotatable bonds is 2. The van der Waals surface area contributed by atoms with Gasteiger partial charge >= 0.3 is 0 Å². The van der Waals surface area contributed by atoms with Gasteiger partial charge in [-0.05, 0) is 19.1 Å². The van der Waals surface area contributed by atoms with Gasteiger partial charge in [0, 0.05) is 0 Å². The minimum atomic E-state index is -0.164. The first-order valence-corrected chi connectivity index (χ1v) is 5.95. The third kappa shape index (κ3) is 1.72. The van der Waals surface area contributed by atoms with Crippen LogP contribution in [0.4, 0.5) is 0 Å². The van der Waals surface area contributed by atoms with E-state index in [4.69, 9.17) is 0 Å². The number of ketones is 1. The largest absolute Gasteiger partial charge is 0.290 e. The molecule has 1 heterocycles. The third-order valence-electron chi connectivity index (χ3n) is 1.87. The summed E-state index contributed by atoms with van der Waals surface area (Å²) in [6.45, 7) is 1.81. The van der Waals surface area contributed by atoms with Gasteiger partial charge in [-0.25, -0.2) is 4.98 Å². The van der Waals surface area contributed by atoms with Crippen LogP contribution in [-0.4, -0.2) is 15.6 Å². The van der Waals surface area contributed by atoms with E-state index in [2.05, 4.69) is 20.9 Å². The maximum absolute atomic E-state index is 11.6. The maximum atomic E-state index is 11.6. The number of nitrogens with zero attached hydrogens (tertiary/aromatic N) is 1. The van der Waals surface area contributed by atoms with Gasteiger partial charge in [0.2, 0.25) is 5.78 Å². The molecule has 1 unspecified atom stereocenters. The van der Waals surface area contributed by atoms with Crippen LogP contribution in [0.2, 0.25) is 0 Å². The molecule has 0 bridgehead atoms. The lowest BCUT2D eigenvalue weighted by molar-refractivity contribution is 0.0995. The molecule has 1 atom stereocenters. The first kappa shape index (κ1) is 9.80. The van der Waals surface area contributed by atoms with Crippen molar-refractivity contribution in [3.8, 4) is 0 Å². The first-order valence-electron chi connectivity index (χ1n) is 4.22. The standard InChI is InChI=1S/C10H8BrNOS/c1-6(11)9(13)10-12-7-4-2-3-5-8(7)14-10/h2-6H,1H3. The normalized spacial score (nSPS) is 13.0. The Balaban J connectivity index is 2.50. The van der Waals surface area contributed by atoms with Gasteiger partial charge in [0.15, 0.2) is 5.01 Å². The van der Waals surface area contributed by atoms with E-state index in [0.717, 1.165) is 10.2 Å². The van der Waals surface area contributed by atoms with Crippen molar-refractivity contribution in [3.05, 3.63) is 29.3 Å². The summed E-state index contributed by atoms with van der Waals surface area (Å²) in [6, 6.07) is 7.77. The molecule has 14 heavy (non-hydrogen) atoms. The molecule has 0 N–H and O–H groups in total. The molecule has 0 spiro atoms. The zero-order chi connectivity index (χ0) is 10.1. The topological polar surface area (TPSA) is 30.0 Å². The molecule has 2 nitrogen and oxygen atoms in total. The Bertz CT molecular complexity index is 445. The molecule has 0 aliphatic heterocycles. The maximum Gasteiger partial charge on any atom is 0.204 e. The number of carbonyl (C=O) groups excluding carboxylic acids is 1. The molecule has 2 rings (SSSR count). The average molecular weight is 270 g/mol. The van der Waals surface area contributed by atoms with E-state index < -0.39 is 0 Å². The molecule has 1 aromatic heterocycles. The van der Waals surface area contributed by atoms with Gasteiger partial charge in [0.05, 0.1) is 15.0 Å². The van der Waals surface area contributed by atoms with Gasteiger partial charge in [-0.3, -0.25) is 4.79 Å². The van der Waals surface area contributed by atoms with Crippen molar-refractivity contribution in [2.24, 2.45) is 0 Å². The summed E-state index contributed by atoms with van der Waals surface area (Å²) in [4.78, 5) is 15.7. The second-order valence-corrected chi connectivity index (χ2v) is 5.37. The van der Waals surface area contributed by atoms with Crippen LogP contribution in [0.3, 0.4) is 0 Å². The highest BCUT2D eigenvalue weighted by molar-refractivity contribution is 9.10. The summed E-state index contributed by atoms with van der Waals surface area (Å²) in [6.07, 6.45) is 0. The number of hydrogen-bond acceptors (Lipinski definition) is 3. The minimum absolute atomic E-state index is 0.0474. The van der Waals surface area contributed by atoms with Gasteiger partial charge in [-0.15, -0.1) is 11.3 Å². The van der Waals surface area contributed by atoms with Crippen LogP contribution in [0.15, 0.2) is 24.3 Å². The number of hydrogen-bond donors (Lipinski definition) is 0. The number of Topliss-reactive ketones (excluding diaryl/α,β-unsaturated/α-hetero) is 1. The fourth-order valence-corrected chi connectivity index (χ4v) is 2.51. The Morgan fingerprint density at radius 1 is 1.50 bits per heavy atom. The SMILES string of the molecule is CC(Br)C(=O)c1nc2ccccc2s1. The van der Waals surface area contributed by atoms with Crippen LogP contribution in [0, 0.1) is 0 Å². The Morgan fingerprint density at radius 3 is 2.86 bits per heavy atom.